The van der Waals surface area contributed by atoms with Gasteiger partial charge in [-0.3, -0.25) is 0 Å². The van der Waals surface area contributed by atoms with Crippen molar-refractivity contribution in [2.24, 2.45) is 0 Å². The summed E-state index contributed by atoms with van der Waals surface area (Å²) in [5.41, 5.74) is 0. The number of thioether (sulfide) groups is 4. The van der Waals surface area contributed by atoms with E-state index in [1.165, 1.54) is 19.5 Å². The molecule has 2 aromatic heterocycles. The fourth-order valence-corrected chi connectivity index (χ4v) is 10.3. The fraction of sp³-hybridized carbons (Fsp3) is 0.556. The first-order chi connectivity index (χ1) is 13.1. The Kier molecular flexibility index (Phi) is 11.7. The minimum atomic E-state index is -1.33. The Hall–Kier alpha value is 2.19. The number of hydrogen-bond acceptors (Lipinski definition) is 6. The van der Waals surface area contributed by atoms with Gasteiger partial charge in [-0.25, -0.2) is 0 Å². The fourth-order valence-electron chi connectivity index (χ4n) is 2.52. The second kappa shape index (κ2) is 12.4. The molecule has 4 unspecified atom stereocenters. The summed E-state index contributed by atoms with van der Waals surface area (Å²) in [6, 6.07) is 0. The van der Waals surface area contributed by atoms with Gasteiger partial charge in [0.25, 0.3) is 0 Å². The zero-order chi connectivity index (χ0) is 21.0. The molecule has 2 aliphatic rings. The van der Waals surface area contributed by atoms with Crippen LogP contribution in [0.25, 0.3) is 0 Å². The number of halogens is 3. The molecule has 2 aromatic rings. The van der Waals surface area contributed by atoms with Gasteiger partial charge in [-0.2, -0.15) is 11.3 Å². The molecule has 4 atom stereocenters. The Morgan fingerprint density at radius 1 is 0.679 bits per heavy atom. The number of aryl methyl sites for hydroxylation is 2. The average molecular weight is 595 g/mol. The maximum absolute atomic E-state index is 4.89. The molecule has 0 N–H and O–H groups in total. The Bertz CT molecular complexity index is 705. The van der Waals surface area contributed by atoms with Gasteiger partial charge in [-0.1, -0.05) is 27.7 Å². The number of hydrogen-bond donors (Lipinski definition) is 0. The molecule has 0 saturated carbocycles. The van der Waals surface area contributed by atoms with Crippen LogP contribution in [-0.2, 0) is 11.2 Å². The second-order valence-electron chi connectivity index (χ2n) is 6.42. The average Bonchev–Trinajstić information content (AvgIpc) is 3.14. The SMILES string of the molecule is CC1Sc2cscc2SC1C.Cc1sc(C)c2c1SC(C)C(C)S2.[Cl][Fe]([Cl])[Cl]. The molecule has 0 aromatic carbocycles. The third-order valence-electron chi connectivity index (χ3n) is 4.30. The van der Waals surface area contributed by atoms with Crippen LogP contribution in [0.1, 0.15) is 37.4 Å². The third-order valence-corrected chi connectivity index (χ3v) is 13.0. The van der Waals surface area contributed by atoms with Crippen molar-refractivity contribution in [3.8, 4) is 0 Å². The molecule has 0 fully saturated rings. The molecule has 0 bridgehead atoms. The molecule has 0 nitrogen and oxygen atoms in total. The van der Waals surface area contributed by atoms with E-state index in [1.54, 1.807) is 9.79 Å². The Balaban J connectivity index is 0.000000171. The van der Waals surface area contributed by atoms with Gasteiger partial charge in [0.05, 0.1) is 0 Å². The van der Waals surface area contributed by atoms with Gasteiger partial charge >= 0.3 is 41.5 Å². The van der Waals surface area contributed by atoms with Crippen molar-refractivity contribution in [1.29, 1.82) is 0 Å². The monoisotopic (exact) mass is 593 g/mol. The second-order valence-corrected chi connectivity index (χ2v) is 19.7. The van der Waals surface area contributed by atoms with Crippen LogP contribution < -0.4 is 0 Å². The molecule has 28 heavy (non-hydrogen) atoms. The summed E-state index contributed by atoms with van der Waals surface area (Å²) < 4.78 is 0. The van der Waals surface area contributed by atoms with Crippen molar-refractivity contribution in [2.75, 3.05) is 0 Å². The summed E-state index contributed by atoms with van der Waals surface area (Å²) in [6.45, 7) is 13.8. The molecule has 0 amide bonds. The molecular weight excluding hydrogens is 571 g/mol. The van der Waals surface area contributed by atoms with Crippen molar-refractivity contribution in [2.45, 2.75) is 82.1 Å². The predicted octanol–water partition coefficient (Wildman–Crippen LogP) is 10.1. The topological polar surface area (TPSA) is 0 Å². The number of thiophene rings is 2. The Morgan fingerprint density at radius 3 is 1.36 bits per heavy atom. The van der Waals surface area contributed by atoms with Gasteiger partial charge in [0.2, 0.25) is 0 Å². The van der Waals surface area contributed by atoms with Crippen LogP contribution in [0.15, 0.2) is 30.3 Å². The predicted molar refractivity (Wildman–Crippen MR) is 137 cm³/mol. The number of rotatable bonds is 0. The van der Waals surface area contributed by atoms with Crippen molar-refractivity contribution in [1.82, 2.24) is 0 Å². The summed E-state index contributed by atoms with van der Waals surface area (Å²) >= 11 is 10.6. The van der Waals surface area contributed by atoms with Crippen LogP contribution in [0, 0.1) is 13.8 Å². The summed E-state index contributed by atoms with van der Waals surface area (Å²) in [5.74, 6) is 0. The van der Waals surface area contributed by atoms with E-state index in [-0.39, 0.29) is 0 Å². The molecule has 0 radical (unpaired) electrons. The first kappa shape index (κ1) is 26.4. The van der Waals surface area contributed by atoms with E-state index in [4.69, 9.17) is 30.3 Å². The maximum atomic E-state index is 4.89. The van der Waals surface area contributed by atoms with Crippen LogP contribution in [0.5, 0.6) is 0 Å². The van der Waals surface area contributed by atoms with Crippen LogP contribution in [-0.4, -0.2) is 21.0 Å². The van der Waals surface area contributed by atoms with Crippen molar-refractivity contribution >= 4 is 100 Å². The van der Waals surface area contributed by atoms with E-state index in [0.717, 1.165) is 21.0 Å². The first-order valence-corrected chi connectivity index (χ1v) is 18.4. The minimum absolute atomic E-state index is 0.755. The molecule has 10 heteroatoms. The van der Waals surface area contributed by atoms with E-state index in [1.807, 2.05) is 46.2 Å². The molecule has 4 heterocycles. The van der Waals surface area contributed by atoms with Crippen LogP contribution >= 0.6 is 100 Å². The first-order valence-electron chi connectivity index (χ1n) is 8.59. The summed E-state index contributed by atoms with van der Waals surface area (Å²) in [7, 11) is 14.7. The van der Waals surface area contributed by atoms with Gasteiger partial charge in [0, 0.05) is 61.1 Å². The molecular formula is C18H24Cl3FeS6. The van der Waals surface area contributed by atoms with Gasteiger partial charge in [-0.15, -0.1) is 58.4 Å². The third kappa shape index (κ3) is 7.65. The van der Waals surface area contributed by atoms with Gasteiger partial charge in [-0.05, 0) is 13.8 Å². The Labute approximate surface area is 211 Å². The zero-order valence-electron chi connectivity index (χ0n) is 16.4. The summed E-state index contributed by atoms with van der Waals surface area (Å²) in [5, 5.41) is 7.56. The van der Waals surface area contributed by atoms with Crippen molar-refractivity contribution in [3.05, 3.63) is 20.5 Å². The summed E-state index contributed by atoms with van der Waals surface area (Å²) in [6.07, 6.45) is 0. The van der Waals surface area contributed by atoms with Crippen molar-refractivity contribution < 1.29 is 11.2 Å². The quantitative estimate of drug-likeness (QED) is 0.278. The number of fused-ring (bicyclic) bond motifs is 2. The normalized spacial score (nSPS) is 26.1. The van der Waals surface area contributed by atoms with E-state index in [0.29, 0.717) is 0 Å². The van der Waals surface area contributed by atoms with Crippen molar-refractivity contribution in [3.63, 3.8) is 0 Å². The van der Waals surface area contributed by atoms with Crippen LogP contribution in [0.2, 0.25) is 0 Å². The molecule has 2 aliphatic heterocycles. The van der Waals surface area contributed by atoms with Crippen LogP contribution in [0.3, 0.4) is 0 Å². The standard InChI is InChI=1S/C10H14S3.C8H10S3.3ClH.Fe/c1-5-6(2)13-10-8(4)11-7(3)9(10)12-5;1-5-6(2)11-8-4-9-3-7(8)10-5;;;;/h5-6H,1-4H3;3-6H,1-2H3;3*1H;/q;;;;;+3/p-3. The summed E-state index contributed by atoms with van der Waals surface area (Å²) in [4.78, 5) is 9.10. The molecule has 161 valence electrons. The van der Waals surface area contributed by atoms with Gasteiger partial charge in [0.1, 0.15) is 0 Å². The molecule has 0 saturated heterocycles. The molecule has 0 spiro atoms. The van der Waals surface area contributed by atoms with Crippen LogP contribution in [0.4, 0.5) is 0 Å². The van der Waals surface area contributed by atoms with E-state index in [2.05, 4.69) is 75.8 Å². The van der Waals surface area contributed by atoms with E-state index in [9.17, 15) is 0 Å². The zero-order valence-corrected chi connectivity index (χ0v) is 24.7. The Morgan fingerprint density at radius 2 is 1.00 bits per heavy atom. The van der Waals surface area contributed by atoms with Gasteiger partial charge < -0.3 is 0 Å². The van der Waals surface area contributed by atoms with E-state index < -0.39 is 11.2 Å². The van der Waals surface area contributed by atoms with E-state index >= 15 is 0 Å². The molecule has 4 rings (SSSR count). The van der Waals surface area contributed by atoms with Gasteiger partial charge in [0.15, 0.2) is 0 Å². The molecule has 0 aliphatic carbocycles.